The van der Waals surface area contributed by atoms with Crippen molar-refractivity contribution in [3.05, 3.63) is 52.8 Å². The van der Waals surface area contributed by atoms with Gasteiger partial charge in [0, 0.05) is 36.0 Å². The van der Waals surface area contributed by atoms with Gasteiger partial charge in [0.1, 0.15) is 9.84 Å². The van der Waals surface area contributed by atoms with Gasteiger partial charge in [-0.15, -0.1) is 0 Å². The molecular weight excluding hydrogens is 386 g/mol. The summed E-state index contributed by atoms with van der Waals surface area (Å²) in [6.45, 7) is 6.57. The van der Waals surface area contributed by atoms with Crippen LogP contribution in [0.1, 0.15) is 54.5 Å². The Kier molecular flexibility index (Phi) is 5.34. The van der Waals surface area contributed by atoms with Crippen LogP contribution in [-0.2, 0) is 28.3 Å². The SMILES string of the molecule is Cc1cccc2c1C(O)CC21CCN(Cc2cnn(CCS(C)(=O)=O)c2)[C@@H](C)C1. The summed E-state index contributed by atoms with van der Waals surface area (Å²) in [5.41, 5.74) is 4.90. The molecule has 7 heteroatoms. The van der Waals surface area contributed by atoms with Crippen LogP contribution in [0.4, 0.5) is 0 Å². The van der Waals surface area contributed by atoms with Crippen LogP contribution in [0.5, 0.6) is 0 Å². The van der Waals surface area contributed by atoms with Gasteiger partial charge in [-0.3, -0.25) is 9.58 Å². The highest BCUT2D eigenvalue weighted by atomic mass is 32.2. The van der Waals surface area contributed by atoms with Crippen LogP contribution in [-0.4, -0.2) is 52.8 Å². The third-order valence-corrected chi connectivity index (χ3v) is 7.69. The Balaban J connectivity index is 1.43. The number of piperidine rings is 1. The highest BCUT2D eigenvalue weighted by Crippen LogP contribution is 2.52. The van der Waals surface area contributed by atoms with E-state index in [2.05, 4.69) is 42.0 Å². The number of aromatic nitrogens is 2. The van der Waals surface area contributed by atoms with Crippen molar-refractivity contribution in [2.75, 3.05) is 18.6 Å². The van der Waals surface area contributed by atoms with E-state index in [-0.39, 0.29) is 17.3 Å². The largest absolute Gasteiger partial charge is 0.388 e. The molecule has 2 unspecified atom stereocenters. The van der Waals surface area contributed by atoms with Crippen LogP contribution < -0.4 is 0 Å². The molecule has 1 aliphatic carbocycles. The van der Waals surface area contributed by atoms with Crippen LogP contribution in [0, 0.1) is 6.92 Å². The second kappa shape index (κ2) is 7.52. The first kappa shape index (κ1) is 20.6. The molecule has 1 aromatic heterocycles. The number of aliphatic hydroxyl groups excluding tert-OH is 1. The molecule has 1 aliphatic heterocycles. The number of rotatable bonds is 5. The van der Waals surface area contributed by atoms with Crippen LogP contribution in [0.15, 0.2) is 30.6 Å². The molecule has 1 N–H and O–H groups in total. The Morgan fingerprint density at radius 1 is 1.31 bits per heavy atom. The van der Waals surface area contributed by atoms with E-state index < -0.39 is 9.84 Å². The van der Waals surface area contributed by atoms with E-state index >= 15 is 0 Å². The number of likely N-dealkylation sites (tertiary alicyclic amines) is 1. The summed E-state index contributed by atoms with van der Waals surface area (Å²) in [5, 5.41) is 15.0. The molecule has 2 heterocycles. The monoisotopic (exact) mass is 417 g/mol. The Hall–Kier alpha value is -1.70. The van der Waals surface area contributed by atoms with Crippen LogP contribution in [0.25, 0.3) is 0 Å². The van der Waals surface area contributed by atoms with Crippen LogP contribution in [0.2, 0.25) is 0 Å². The molecule has 29 heavy (non-hydrogen) atoms. The van der Waals surface area contributed by atoms with E-state index in [1.165, 1.54) is 17.4 Å². The van der Waals surface area contributed by atoms with Crippen molar-refractivity contribution in [2.45, 2.75) is 63.8 Å². The van der Waals surface area contributed by atoms with E-state index in [9.17, 15) is 13.5 Å². The molecule has 3 atom stereocenters. The van der Waals surface area contributed by atoms with Crippen molar-refractivity contribution < 1.29 is 13.5 Å². The van der Waals surface area contributed by atoms with E-state index in [4.69, 9.17) is 0 Å². The molecule has 1 spiro atoms. The van der Waals surface area contributed by atoms with Gasteiger partial charge in [-0.25, -0.2) is 8.42 Å². The number of aryl methyl sites for hydroxylation is 2. The first-order valence-electron chi connectivity index (χ1n) is 10.4. The zero-order valence-corrected chi connectivity index (χ0v) is 18.3. The van der Waals surface area contributed by atoms with Crippen molar-refractivity contribution in [2.24, 2.45) is 0 Å². The fraction of sp³-hybridized carbons (Fsp3) is 0.591. The minimum absolute atomic E-state index is 0.0797. The number of sulfone groups is 1. The van der Waals surface area contributed by atoms with Gasteiger partial charge in [-0.1, -0.05) is 18.2 Å². The molecule has 1 saturated heterocycles. The lowest BCUT2D eigenvalue weighted by atomic mass is 9.71. The average Bonchev–Trinajstić information content (AvgIpc) is 3.19. The van der Waals surface area contributed by atoms with Gasteiger partial charge in [0.25, 0.3) is 0 Å². The summed E-state index contributed by atoms with van der Waals surface area (Å²) in [6, 6.07) is 6.84. The fourth-order valence-corrected chi connectivity index (χ4v) is 5.83. The Morgan fingerprint density at radius 3 is 2.83 bits per heavy atom. The predicted octanol–water partition coefficient (Wildman–Crippen LogP) is 2.60. The number of fused-ring (bicyclic) bond motifs is 2. The zero-order valence-electron chi connectivity index (χ0n) is 17.5. The summed E-state index contributed by atoms with van der Waals surface area (Å²) >= 11 is 0. The molecule has 158 valence electrons. The lowest BCUT2D eigenvalue weighted by Crippen LogP contribution is -2.46. The maximum Gasteiger partial charge on any atom is 0.149 e. The van der Waals surface area contributed by atoms with E-state index in [0.29, 0.717) is 12.6 Å². The third kappa shape index (κ3) is 4.13. The molecule has 0 saturated carbocycles. The summed E-state index contributed by atoms with van der Waals surface area (Å²) in [4.78, 5) is 2.48. The van der Waals surface area contributed by atoms with Crippen molar-refractivity contribution in [3.8, 4) is 0 Å². The van der Waals surface area contributed by atoms with Gasteiger partial charge in [0.2, 0.25) is 0 Å². The van der Waals surface area contributed by atoms with Gasteiger partial charge in [-0.05, 0) is 56.3 Å². The number of aliphatic hydroxyl groups is 1. The summed E-state index contributed by atoms with van der Waals surface area (Å²) in [6.07, 6.45) is 7.63. The third-order valence-electron chi connectivity index (χ3n) is 6.76. The molecule has 1 fully saturated rings. The lowest BCUT2D eigenvalue weighted by Gasteiger charge is -2.44. The summed E-state index contributed by atoms with van der Waals surface area (Å²) < 4.78 is 24.4. The van der Waals surface area contributed by atoms with Crippen LogP contribution in [0.3, 0.4) is 0 Å². The summed E-state index contributed by atoms with van der Waals surface area (Å²) in [5.74, 6) is 0.109. The predicted molar refractivity (Wildman–Crippen MR) is 113 cm³/mol. The molecule has 2 aliphatic rings. The number of hydrogen-bond acceptors (Lipinski definition) is 5. The van der Waals surface area contributed by atoms with E-state index in [0.717, 1.165) is 43.5 Å². The minimum atomic E-state index is -2.99. The van der Waals surface area contributed by atoms with Gasteiger partial charge in [0.05, 0.1) is 24.6 Å². The fourth-order valence-electron chi connectivity index (χ4n) is 5.31. The van der Waals surface area contributed by atoms with Gasteiger partial charge in [0.15, 0.2) is 0 Å². The standard InChI is InChI=1S/C22H31N3O3S/c1-16-5-4-6-19-21(16)20(26)12-22(19)7-8-24(17(2)11-22)14-18-13-23-25(15-18)9-10-29(3,27)28/h4-6,13,15,17,20,26H,7-12,14H2,1-3H3/t17-,20?,22?/m0/s1. The van der Waals surface area contributed by atoms with Crippen molar-refractivity contribution >= 4 is 9.84 Å². The normalized spacial score (nSPS) is 27.4. The molecule has 6 nitrogen and oxygen atoms in total. The van der Waals surface area contributed by atoms with E-state index in [1.54, 1.807) is 4.68 Å². The van der Waals surface area contributed by atoms with Gasteiger partial charge < -0.3 is 5.11 Å². The zero-order chi connectivity index (χ0) is 20.8. The Morgan fingerprint density at radius 2 is 2.10 bits per heavy atom. The average molecular weight is 418 g/mol. The van der Waals surface area contributed by atoms with Crippen molar-refractivity contribution in [3.63, 3.8) is 0 Å². The Labute approximate surface area is 173 Å². The van der Waals surface area contributed by atoms with Gasteiger partial charge in [-0.2, -0.15) is 5.10 Å². The second-order valence-corrected chi connectivity index (χ2v) is 11.3. The first-order valence-corrected chi connectivity index (χ1v) is 12.4. The summed E-state index contributed by atoms with van der Waals surface area (Å²) in [7, 11) is -2.99. The molecular formula is C22H31N3O3S. The van der Waals surface area contributed by atoms with Crippen molar-refractivity contribution in [1.82, 2.24) is 14.7 Å². The molecule has 0 radical (unpaired) electrons. The minimum Gasteiger partial charge on any atom is -0.388 e. The second-order valence-electron chi connectivity index (χ2n) is 9.05. The number of nitrogens with zero attached hydrogens (tertiary/aromatic N) is 3. The quantitative estimate of drug-likeness (QED) is 0.809. The molecule has 0 bridgehead atoms. The molecule has 1 aromatic carbocycles. The molecule has 4 rings (SSSR count). The van der Waals surface area contributed by atoms with Gasteiger partial charge >= 0.3 is 0 Å². The van der Waals surface area contributed by atoms with E-state index in [1.807, 2.05) is 12.4 Å². The topological polar surface area (TPSA) is 75.4 Å². The first-order chi connectivity index (χ1) is 13.7. The maximum absolute atomic E-state index is 11.4. The highest BCUT2D eigenvalue weighted by molar-refractivity contribution is 7.90. The molecule has 0 amide bonds. The molecule has 2 aromatic rings. The maximum atomic E-state index is 11.4. The highest BCUT2D eigenvalue weighted by Gasteiger charge is 2.47. The Bertz CT molecular complexity index is 1000. The number of benzene rings is 1. The van der Waals surface area contributed by atoms with Crippen molar-refractivity contribution in [1.29, 1.82) is 0 Å². The lowest BCUT2D eigenvalue weighted by molar-refractivity contribution is 0.0711. The van der Waals surface area contributed by atoms with Crippen LogP contribution >= 0.6 is 0 Å². The number of hydrogen-bond donors (Lipinski definition) is 1. The smallest absolute Gasteiger partial charge is 0.149 e.